The molecule has 2 aromatic carbocycles. The van der Waals surface area contributed by atoms with Gasteiger partial charge in [0.15, 0.2) is 0 Å². The lowest BCUT2D eigenvalue weighted by Crippen LogP contribution is -2.12. The second-order valence-electron chi connectivity index (χ2n) is 4.11. The Morgan fingerprint density at radius 2 is 1.79 bits per heavy atom. The third kappa shape index (κ3) is 2.80. The summed E-state index contributed by atoms with van der Waals surface area (Å²) < 4.78 is 0. The van der Waals surface area contributed by atoms with Crippen LogP contribution in [-0.2, 0) is 0 Å². The number of nitrogens with one attached hydrogen (secondary N) is 1. The van der Waals surface area contributed by atoms with Crippen LogP contribution in [0.4, 0.5) is 5.69 Å². The van der Waals surface area contributed by atoms with Gasteiger partial charge in [-0.25, -0.2) is 0 Å². The summed E-state index contributed by atoms with van der Waals surface area (Å²) in [6.45, 7) is 1.88. The molecule has 0 unspecified atom stereocenters. The molecular weight excluding hydrogens is 266 g/mol. The van der Waals surface area contributed by atoms with E-state index in [0.29, 0.717) is 10.7 Å². The highest BCUT2D eigenvalue weighted by Crippen LogP contribution is 2.29. The zero-order valence-corrected chi connectivity index (χ0v) is 10.9. The number of carbonyl (C=O) groups excluding carboxylic acids is 1. The molecule has 0 saturated carbocycles. The van der Waals surface area contributed by atoms with Crippen LogP contribution in [0.5, 0.6) is 11.5 Å². The third-order valence-electron chi connectivity index (χ3n) is 2.62. The van der Waals surface area contributed by atoms with Gasteiger partial charge < -0.3 is 15.5 Å². The maximum Gasteiger partial charge on any atom is 0.263 e. The van der Waals surface area contributed by atoms with Crippen LogP contribution in [0.25, 0.3) is 0 Å². The minimum atomic E-state index is -0.624. The second-order valence-corrected chi connectivity index (χ2v) is 4.52. The van der Waals surface area contributed by atoms with Gasteiger partial charge in [0.25, 0.3) is 5.91 Å². The first-order chi connectivity index (χ1) is 8.99. The molecule has 19 heavy (non-hydrogen) atoms. The zero-order chi connectivity index (χ0) is 14.0. The van der Waals surface area contributed by atoms with E-state index in [1.165, 1.54) is 18.2 Å². The van der Waals surface area contributed by atoms with E-state index in [1.807, 2.05) is 6.92 Å². The van der Waals surface area contributed by atoms with Gasteiger partial charge in [0.05, 0.1) is 10.7 Å². The first-order valence-corrected chi connectivity index (χ1v) is 5.95. The molecule has 0 aliphatic heterocycles. The van der Waals surface area contributed by atoms with Crippen molar-refractivity contribution in [2.75, 3.05) is 5.32 Å². The van der Waals surface area contributed by atoms with Gasteiger partial charge in [-0.3, -0.25) is 4.79 Å². The Morgan fingerprint density at radius 3 is 2.37 bits per heavy atom. The Balaban J connectivity index is 2.31. The Kier molecular flexibility index (Phi) is 3.62. The molecule has 2 aromatic rings. The lowest BCUT2D eigenvalue weighted by atomic mass is 10.1. The minimum absolute atomic E-state index is 0.181. The molecule has 4 nitrogen and oxygen atoms in total. The van der Waals surface area contributed by atoms with Crippen LogP contribution in [0, 0.1) is 6.92 Å². The van der Waals surface area contributed by atoms with Crippen molar-refractivity contribution in [2.24, 2.45) is 0 Å². The second kappa shape index (κ2) is 5.20. The first kappa shape index (κ1) is 13.2. The number of phenolic OH excluding ortho intramolecular Hbond substituents is 2. The maximum atomic E-state index is 12.0. The SMILES string of the molecule is Cc1ccc(NC(=O)c2c(O)cccc2O)c(Cl)c1. The highest BCUT2D eigenvalue weighted by atomic mass is 35.5. The molecule has 0 atom stereocenters. The van der Waals surface area contributed by atoms with Crippen LogP contribution in [0.1, 0.15) is 15.9 Å². The van der Waals surface area contributed by atoms with Crippen LogP contribution >= 0.6 is 11.6 Å². The van der Waals surface area contributed by atoms with Crippen molar-refractivity contribution in [1.29, 1.82) is 0 Å². The van der Waals surface area contributed by atoms with E-state index < -0.39 is 5.91 Å². The van der Waals surface area contributed by atoms with Gasteiger partial charge in [0, 0.05) is 0 Å². The molecule has 2 rings (SSSR count). The molecule has 0 radical (unpaired) electrons. The van der Waals surface area contributed by atoms with Crippen molar-refractivity contribution < 1.29 is 15.0 Å². The molecule has 0 aromatic heterocycles. The Morgan fingerprint density at radius 1 is 1.16 bits per heavy atom. The monoisotopic (exact) mass is 277 g/mol. The lowest BCUT2D eigenvalue weighted by molar-refractivity contribution is 0.102. The average Bonchev–Trinajstić information content (AvgIpc) is 2.32. The van der Waals surface area contributed by atoms with Gasteiger partial charge in [-0.15, -0.1) is 0 Å². The van der Waals surface area contributed by atoms with Crippen molar-refractivity contribution in [3.63, 3.8) is 0 Å². The molecule has 5 heteroatoms. The minimum Gasteiger partial charge on any atom is -0.507 e. The maximum absolute atomic E-state index is 12.0. The number of amides is 1. The highest BCUT2D eigenvalue weighted by Gasteiger charge is 2.16. The quantitative estimate of drug-likeness (QED) is 0.789. The molecular formula is C14H12ClNO3. The van der Waals surface area contributed by atoms with Gasteiger partial charge in [-0.2, -0.15) is 0 Å². The van der Waals surface area contributed by atoms with E-state index in [2.05, 4.69) is 5.32 Å². The smallest absolute Gasteiger partial charge is 0.263 e. The molecule has 0 spiro atoms. The van der Waals surface area contributed by atoms with E-state index in [9.17, 15) is 15.0 Å². The fourth-order valence-electron chi connectivity index (χ4n) is 1.67. The summed E-state index contributed by atoms with van der Waals surface area (Å²) >= 11 is 6.00. The molecule has 0 saturated heterocycles. The lowest BCUT2D eigenvalue weighted by Gasteiger charge is -2.10. The van der Waals surface area contributed by atoms with Crippen LogP contribution in [-0.4, -0.2) is 16.1 Å². The van der Waals surface area contributed by atoms with Crippen molar-refractivity contribution in [3.05, 3.63) is 52.5 Å². The van der Waals surface area contributed by atoms with Gasteiger partial charge in [-0.05, 0) is 36.8 Å². The van der Waals surface area contributed by atoms with E-state index in [1.54, 1.807) is 18.2 Å². The van der Waals surface area contributed by atoms with E-state index in [4.69, 9.17) is 11.6 Å². The third-order valence-corrected chi connectivity index (χ3v) is 2.93. The summed E-state index contributed by atoms with van der Waals surface area (Å²) in [7, 11) is 0. The summed E-state index contributed by atoms with van der Waals surface area (Å²) in [5, 5.41) is 22.1. The molecule has 0 aliphatic carbocycles. The van der Waals surface area contributed by atoms with Crippen LogP contribution in [0.15, 0.2) is 36.4 Å². The summed E-state index contributed by atoms with van der Waals surface area (Å²) in [6, 6.07) is 9.26. The number of anilines is 1. The van der Waals surface area contributed by atoms with Crippen molar-refractivity contribution in [2.45, 2.75) is 6.92 Å². The van der Waals surface area contributed by atoms with Gasteiger partial charge in [0.1, 0.15) is 17.1 Å². The standard InChI is InChI=1S/C14H12ClNO3/c1-8-5-6-10(9(15)7-8)16-14(19)13-11(17)3-2-4-12(13)18/h2-7,17-18H,1H3,(H,16,19). The topological polar surface area (TPSA) is 69.6 Å². The van der Waals surface area contributed by atoms with E-state index in [0.717, 1.165) is 5.56 Å². The number of phenols is 2. The van der Waals surface area contributed by atoms with E-state index in [-0.39, 0.29) is 17.1 Å². The molecule has 0 heterocycles. The predicted octanol–water partition coefficient (Wildman–Crippen LogP) is 3.31. The summed E-state index contributed by atoms with van der Waals surface area (Å²) in [6.07, 6.45) is 0. The van der Waals surface area contributed by atoms with Gasteiger partial charge in [0.2, 0.25) is 0 Å². The van der Waals surface area contributed by atoms with Crippen LogP contribution < -0.4 is 5.32 Å². The molecule has 0 fully saturated rings. The van der Waals surface area contributed by atoms with Gasteiger partial charge in [-0.1, -0.05) is 23.7 Å². The number of rotatable bonds is 2. The van der Waals surface area contributed by atoms with Crippen molar-refractivity contribution in [1.82, 2.24) is 0 Å². The predicted molar refractivity (Wildman–Crippen MR) is 73.9 cm³/mol. The average molecular weight is 278 g/mol. The van der Waals surface area contributed by atoms with Crippen molar-refractivity contribution >= 4 is 23.2 Å². The zero-order valence-electron chi connectivity index (χ0n) is 10.1. The number of aryl methyl sites for hydroxylation is 1. The first-order valence-electron chi connectivity index (χ1n) is 5.57. The number of carbonyl (C=O) groups is 1. The Hall–Kier alpha value is -2.20. The van der Waals surface area contributed by atoms with Crippen LogP contribution in [0.3, 0.4) is 0 Å². The molecule has 98 valence electrons. The molecule has 3 N–H and O–H groups in total. The van der Waals surface area contributed by atoms with E-state index >= 15 is 0 Å². The van der Waals surface area contributed by atoms with Crippen LogP contribution in [0.2, 0.25) is 5.02 Å². The van der Waals surface area contributed by atoms with Crippen molar-refractivity contribution in [3.8, 4) is 11.5 Å². The number of hydrogen-bond acceptors (Lipinski definition) is 3. The fraction of sp³-hybridized carbons (Fsp3) is 0.0714. The summed E-state index contributed by atoms with van der Waals surface area (Å²) in [4.78, 5) is 12.0. The Bertz CT molecular complexity index is 620. The molecule has 0 aliphatic rings. The molecule has 0 bridgehead atoms. The van der Waals surface area contributed by atoms with Gasteiger partial charge >= 0.3 is 0 Å². The number of aromatic hydroxyl groups is 2. The highest BCUT2D eigenvalue weighted by molar-refractivity contribution is 6.34. The number of halogens is 1. The molecule has 1 amide bonds. The fourth-order valence-corrected chi connectivity index (χ4v) is 1.95. The largest absolute Gasteiger partial charge is 0.507 e. The number of hydrogen-bond donors (Lipinski definition) is 3. The summed E-state index contributed by atoms with van der Waals surface area (Å²) in [5.41, 5.74) is 1.20. The summed E-state index contributed by atoms with van der Waals surface area (Å²) in [5.74, 6) is -1.21. The Labute approximate surface area is 115 Å². The number of benzene rings is 2. The normalized spacial score (nSPS) is 10.2.